The van der Waals surface area contributed by atoms with E-state index in [2.05, 4.69) is 15.9 Å². The highest BCUT2D eigenvalue weighted by Crippen LogP contribution is 2.39. The van der Waals surface area contributed by atoms with E-state index in [9.17, 15) is 9.59 Å². The summed E-state index contributed by atoms with van der Waals surface area (Å²) in [6.45, 7) is 0.212. The monoisotopic (exact) mass is 469 g/mol. The normalized spacial score (nSPS) is 15.9. The van der Waals surface area contributed by atoms with Crippen LogP contribution in [0.3, 0.4) is 0 Å². The van der Waals surface area contributed by atoms with Gasteiger partial charge in [0.2, 0.25) is 5.76 Å². The molecule has 1 aliphatic rings. The Morgan fingerprint density at radius 2 is 1.93 bits per heavy atom. The molecule has 2 aromatic heterocycles. The molecule has 1 aliphatic heterocycles. The predicted octanol–water partition coefficient (Wildman–Crippen LogP) is 5.55. The van der Waals surface area contributed by atoms with Crippen molar-refractivity contribution in [2.75, 3.05) is 0 Å². The molecule has 144 valence electrons. The molecule has 4 aromatic rings. The Bertz CT molecular complexity index is 1310. The zero-order valence-corrected chi connectivity index (χ0v) is 17.2. The molecule has 2 aromatic carbocycles. The first-order valence-electron chi connectivity index (χ1n) is 8.88. The predicted molar refractivity (Wildman–Crippen MR) is 112 cm³/mol. The molecular weight excluding hydrogens is 458 g/mol. The summed E-state index contributed by atoms with van der Waals surface area (Å²) >= 11 is 9.56. The number of rotatable bonds is 3. The van der Waals surface area contributed by atoms with Gasteiger partial charge in [-0.3, -0.25) is 9.59 Å². The molecule has 5 nitrogen and oxygen atoms in total. The van der Waals surface area contributed by atoms with Gasteiger partial charge in [-0.15, -0.1) is 0 Å². The Morgan fingerprint density at radius 3 is 2.69 bits per heavy atom. The summed E-state index contributed by atoms with van der Waals surface area (Å²) in [6, 6.07) is 15.3. The standard InChI is InChI=1S/C22H13BrClNO4/c23-13-4-1-3-12(9-13)19-18-20(26)16-10-14(24)6-7-17(16)29-21(18)22(27)25(19)11-15-5-2-8-28-15/h1-10,19H,11H2/t19-/m0/s1. The highest BCUT2D eigenvalue weighted by atomic mass is 79.9. The van der Waals surface area contributed by atoms with Gasteiger partial charge in [-0.1, -0.05) is 39.7 Å². The van der Waals surface area contributed by atoms with Crippen molar-refractivity contribution >= 4 is 44.4 Å². The molecule has 0 radical (unpaired) electrons. The van der Waals surface area contributed by atoms with Crippen molar-refractivity contribution < 1.29 is 13.6 Å². The fraction of sp³-hybridized carbons (Fsp3) is 0.0909. The highest BCUT2D eigenvalue weighted by Gasteiger charge is 2.43. The number of furan rings is 1. The van der Waals surface area contributed by atoms with E-state index in [0.29, 0.717) is 27.3 Å². The van der Waals surface area contributed by atoms with Crippen LogP contribution in [0.5, 0.6) is 0 Å². The lowest BCUT2D eigenvalue weighted by Gasteiger charge is -2.24. The van der Waals surface area contributed by atoms with Gasteiger partial charge in [-0.05, 0) is 48.0 Å². The van der Waals surface area contributed by atoms with Crippen LogP contribution in [-0.4, -0.2) is 10.8 Å². The molecule has 0 N–H and O–H groups in total. The first-order chi connectivity index (χ1) is 14.0. The number of carbonyl (C=O) groups is 1. The van der Waals surface area contributed by atoms with Crippen molar-refractivity contribution in [2.24, 2.45) is 0 Å². The Balaban J connectivity index is 1.77. The van der Waals surface area contributed by atoms with Crippen molar-refractivity contribution in [3.05, 3.63) is 103 Å². The Labute approximate surface area is 178 Å². The molecule has 0 bridgehead atoms. The van der Waals surface area contributed by atoms with Crippen LogP contribution in [0.25, 0.3) is 11.0 Å². The van der Waals surface area contributed by atoms with Crippen LogP contribution < -0.4 is 5.43 Å². The molecule has 0 saturated heterocycles. The molecule has 5 rings (SSSR count). The topological polar surface area (TPSA) is 63.7 Å². The largest absolute Gasteiger partial charge is 0.467 e. The maximum absolute atomic E-state index is 13.4. The highest BCUT2D eigenvalue weighted by molar-refractivity contribution is 9.10. The maximum Gasteiger partial charge on any atom is 0.291 e. The zero-order chi connectivity index (χ0) is 20.1. The van der Waals surface area contributed by atoms with Gasteiger partial charge in [0, 0.05) is 9.50 Å². The van der Waals surface area contributed by atoms with Gasteiger partial charge in [0.1, 0.15) is 11.3 Å². The van der Waals surface area contributed by atoms with E-state index in [0.717, 1.165) is 10.0 Å². The van der Waals surface area contributed by atoms with E-state index < -0.39 is 6.04 Å². The van der Waals surface area contributed by atoms with Gasteiger partial charge in [0.05, 0.1) is 29.8 Å². The van der Waals surface area contributed by atoms with E-state index >= 15 is 0 Å². The van der Waals surface area contributed by atoms with Crippen LogP contribution in [-0.2, 0) is 6.54 Å². The second-order valence-corrected chi connectivity index (χ2v) is 8.14. The minimum atomic E-state index is -0.597. The Kier molecular flexibility index (Phi) is 4.33. The van der Waals surface area contributed by atoms with Crippen molar-refractivity contribution in [3.63, 3.8) is 0 Å². The SMILES string of the molecule is O=C1c2oc3ccc(Cl)cc3c(=O)c2[C@H](c2cccc(Br)c2)N1Cc1ccco1. The smallest absolute Gasteiger partial charge is 0.291 e. The molecule has 0 saturated carbocycles. The van der Waals surface area contributed by atoms with Crippen LogP contribution >= 0.6 is 27.5 Å². The summed E-state index contributed by atoms with van der Waals surface area (Å²) in [6.07, 6.45) is 1.55. The van der Waals surface area contributed by atoms with E-state index in [1.807, 2.05) is 24.3 Å². The first kappa shape index (κ1) is 18.2. The van der Waals surface area contributed by atoms with Crippen LogP contribution in [0, 0.1) is 0 Å². The number of fused-ring (bicyclic) bond motifs is 2. The minimum absolute atomic E-state index is 0.0568. The maximum atomic E-state index is 13.4. The van der Waals surface area contributed by atoms with Crippen LogP contribution in [0.4, 0.5) is 0 Å². The molecule has 0 spiro atoms. The fourth-order valence-corrected chi connectivity index (χ4v) is 4.34. The first-order valence-corrected chi connectivity index (χ1v) is 10.0. The number of nitrogens with zero attached hydrogens (tertiary/aromatic N) is 1. The van der Waals surface area contributed by atoms with Crippen molar-refractivity contribution in [1.29, 1.82) is 0 Å². The summed E-state index contributed by atoms with van der Waals surface area (Å²) < 4.78 is 12.2. The third-order valence-corrected chi connectivity index (χ3v) is 5.73. The average Bonchev–Trinajstić information content (AvgIpc) is 3.31. The van der Waals surface area contributed by atoms with Crippen molar-refractivity contribution in [3.8, 4) is 0 Å². The van der Waals surface area contributed by atoms with Crippen LogP contribution in [0.2, 0.25) is 5.02 Å². The van der Waals surface area contributed by atoms with E-state index in [-0.39, 0.29) is 23.6 Å². The minimum Gasteiger partial charge on any atom is -0.467 e. The molecule has 29 heavy (non-hydrogen) atoms. The zero-order valence-electron chi connectivity index (χ0n) is 14.9. The fourth-order valence-electron chi connectivity index (χ4n) is 3.75. The van der Waals surface area contributed by atoms with Gasteiger partial charge in [0.15, 0.2) is 5.43 Å². The molecule has 1 atom stereocenters. The second-order valence-electron chi connectivity index (χ2n) is 6.78. The van der Waals surface area contributed by atoms with E-state index in [4.69, 9.17) is 20.4 Å². The van der Waals surface area contributed by atoms with Crippen molar-refractivity contribution in [1.82, 2.24) is 4.90 Å². The quantitative estimate of drug-likeness (QED) is 0.394. The lowest BCUT2D eigenvalue weighted by Crippen LogP contribution is -2.29. The number of benzene rings is 2. The van der Waals surface area contributed by atoms with E-state index in [1.54, 1.807) is 41.5 Å². The Morgan fingerprint density at radius 1 is 1.07 bits per heavy atom. The average molecular weight is 471 g/mol. The van der Waals surface area contributed by atoms with Crippen molar-refractivity contribution in [2.45, 2.75) is 12.6 Å². The lowest BCUT2D eigenvalue weighted by molar-refractivity contribution is 0.0701. The van der Waals surface area contributed by atoms with Gasteiger partial charge < -0.3 is 13.7 Å². The molecule has 7 heteroatoms. The summed E-state index contributed by atoms with van der Waals surface area (Å²) in [5.74, 6) is 0.322. The second kappa shape index (κ2) is 6.90. The summed E-state index contributed by atoms with van der Waals surface area (Å²) in [4.78, 5) is 28.3. The molecular formula is C22H13BrClNO4. The molecule has 0 unspecified atom stereocenters. The Hall–Kier alpha value is -2.83. The number of hydrogen-bond donors (Lipinski definition) is 0. The third kappa shape index (κ3) is 2.99. The molecule has 0 aliphatic carbocycles. The van der Waals surface area contributed by atoms with E-state index in [1.165, 1.54) is 0 Å². The summed E-state index contributed by atoms with van der Waals surface area (Å²) in [7, 11) is 0. The molecule has 1 amide bonds. The molecule has 0 fully saturated rings. The third-order valence-electron chi connectivity index (χ3n) is 5.00. The number of hydrogen-bond acceptors (Lipinski definition) is 4. The summed E-state index contributed by atoms with van der Waals surface area (Å²) in [5.41, 5.74) is 1.18. The van der Waals surface area contributed by atoms with Gasteiger partial charge in [-0.2, -0.15) is 0 Å². The number of amides is 1. The van der Waals surface area contributed by atoms with Crippen LogP contribution in [0.1, 0.15) is 33.5 Å². The number of carbonyl (C=O) groups excluding carboxylic acids is 1. The lowest BCUT2D eigenvalue weighted by atomic mass is 9.98. The van der Waals surface area contributed by atoms with Gasteiger partial charge in [0.25, 0.3) is 5.91 Å². The van der Waals surface area contributed by atoms with Crippen LogP contribution in [0.15, 0.2) is 79.0 Å². The number of halogens is 2. The van der Waals surface area contributed by atoms with Gasteiger partial charge >= 0.3 is 0 Å². The van der Waals surface area contributed by atoms with Gasteiger partial charge in [-0.25, -0.2) is 0 Å². The summed E-state index contributed by atoms with van der Waals surface area (Å²) in [5, 5.41) is 0.782. The molecule has 3 heterocycles.